The minimum atomic E-state index is -0.367. The summed E-state index contributed by atoms with van der Waals surface area (Å²) in [6.07, 6.45) is 6.34. The molecule has 0 amide bonds. The number of hydrogen-bond acceptors (Lipinski definition) is 6. The highest BCUT2D eigenvalue weighted by molar-refractivity contribution is 6.21. The molecule has 2 heterocycles. The van der Waals surface area contributed by atoms with Crippen LogP contribution in [0, 0.1) is 24.7 Å². The number of carbonyl (C=O) groups excluding carboxylic acids is 1. The molecule has 0 saturated carbocycles. The SMILES string of the molecule is C#CCN(C)Cc1ccc2cc(C(=O)/C(C=N)=C(\N)Nc3ccc4[nH]c(C)nc4c3)[nH]c2c1. The number of ketones is 1. The molecule has 0 spiro atoms. The van der Waals surface area contributed by atoms with Crippen molar-refractivity contribution in [3.8, 4) is 12.3 Å². The van der Waals surface area contributed by atoms with Gasteiger partial charge in [0.1, 0.15) is 11.6 Å². The Hall–Kier alpha value is -4.35. The van der Waals surface area contributed by atoms with Crippen LogP contribution < -0.4 is 11.1 Å². The van der Waals surface area contributed by atoms with E-state index in [0.29, 0.717) is 24.5 Å². The fourth-order valence-corrected chi connectivity index (χ4v) is 3.76. The number of H-pyrrole nitrogens is 2. The fraction of sp³-hybridized carbons (Fsp3) is 0.160. The summed E-state index contributed by atoms with van der Waals surface area (Å²) in [4.78, 5) is 25.9. The van der Waals surface area contributed by atoms with Crippen molar-refractivity contribution < 1.29 is 4.79 Å². The van der Waals surface area contributed by atoms with E-state index in [1.165, 1.54) is 0 Å². The third-order valence-corrected chi connectivity index (χ3v) is 5.30. The minimum absolute atomic E-state index is 0.0637. The van der Waals surface area contributed by atoms with E-state index in [-0.39, 0.29) is 17.2 Å². The Kier molecular flexibility index (Phi) is 5.98. The first kappa shape index (κ1) is 21.9. The second kappa shape index (κ2) is 9.02. The Bertz CT molecular complexity index is 1430. The van der Waals surface area contributed by atoms with Crippen molar-refractivity contribution in [1.29, 1.82) is 5.41 Å². The number of carbonyl (C=O) groups is 1. The van der Waals surface area contributed by atoms with Crippen molar-refractivity contribution in [2.45, 2.75) is 13.5 Å². The summed E-state index contributed by atoms with van der Waals surface area (Å²) >= 11 is 0. The van der Waals surface area contributed by atoms with Crippen LogP contribution >= 0.6 is 0 Å². The third-order valence-electron chi connectivity index (χ3n) is 5.30. The topological polar surface area (TPSA) is 127 Å². The molecular formula is C25H25N7O. The van der Waals surface area contributed by atoms with Crippen LogP contribution in [0.3, 0.4) is 0 Å². The zero-order valence-corrected chi connectivity index (χ0v) is 18.5. The van der Waals surface area contributed by atoms with Crippen molar-refractivity contribution >= 4 is 39.6 Å². The van der Waals surface area contributed by atoms with Crippen LogP contribution in [0.1, 0.15) is 21.9 Å². The molecule has 0 aliphatic rings. The quantitative estimate of drug-likeness (QED) is 0.124. The van der Waals surface area contributed by atoms with Gasteiger partial charge in [-0.3, -0.25) is 9.69 Å². The summed E-state index contributed by atoms with van der Waals surface area (Å²) < 4.78 is 0. The maximum Gasteiger partial charge on any atom is 0.214 e. The zero-order chi connectivity index (χ0) is 23.5. The first-order valence-electron chi connectivity index (χ1n) is 10.4. The van der Waals surface area contributed by atoms with Crippen molar-refractivity contribution in [3.63, 3.8) is 0 Å². The second-order valence-electron chi connectivity index (χ2n) is 7.96. The highest BCUT2D eigenvalue weighted by atomic mass is 16.1. The molecule has 2 aromatic carbocycles. The zero-order valence-electron chi connectivity index (χ0n) is 18.5. The number of nitrogens with two attached hydrogens (primary N) is 1. The number of fused-ring (bicyclic) bond motifs is 2. The molecule has 8 heteroatoms. The van der Waals surface area contributed by atoms with Gasteiger partial charge in [0.15, 0.2) is 0 Å². The second-order valence-corrected chi connectivity index (χ2v) is 7.96. The summed E-state index contributed by atoms with van der Waals surface area (Å²) in [5.74, 6) is 3.16. The van der Waals surface area contributed by atoms with Gasteiger partial charge in [-0.1, -0.05) is 18.1 Å². The Morgan fingerprint density at radius 1 is 1.24 bits per heavy atom. The Morgan fingerprint density at radius 2 is 2.06 bits per heavy atom. The largest absolute Gasteiger partial charge is 0.385 e. The van der Waals surface area contributed by atoms with Gasteiger partial charge in [0, 0.05) is 29.3 Å². The van der Waals surface area contributed by atoms with Crippen LogP contribution in [0.5, 0.6) is 0 Å². The fourth-order valence-electron chi connectivity index (χ4n) is 3.76. The Morgan fingerprint density at radius 3 is 2.82 bits per heavy atom. The van der Waals surface area contributed by atoms with Gasteiger partial charge in [-0.25, -0.2) is 4.98 Å². The molecule has 166 valence electrons. The lowest BCUT2D eigenvalue weighted by Crippen LogP contribution is -2.18. The van der Waals surface area contributed by atoms with Gasteiger partial charge in [0.05, 0.1) is 28.8 Å². The molecule has 0 saturated heterocycles. The number of benzene rings is 2. The number of allylic oxidation sites excluding steroid dienone is 1. The van der Waals surface area contributed by atoms with Crippen LogP contribution in [0.15, 0.2) is 53.9 Å². The number of rotatable bonds is 8. The molecule has 0 bridgehead atoms. The van der Waals surface area contributed by atoms with E-state index in [2.05, 4.69) is 26.2 Å². The maximum absolute atomic E-state index is 13.1. The van der Waals surface area contributed by atoms with Crippen molar-refractivity contribution in [2.24, 2.45) is 5.73 Å². The lowest BCUT2D eigenvalue weighted by Gasteiger charge is -2.12. The summed E-state index contributed by atoms with van der Waals surface area (Å²) in [7, 11) is 1.95. The molecule has 0 aliphatic heterocycles. The number of anilines is 1. The predicted octanol–water partition coefficient (Wildman–Crippen LogP) is 3.53. The van der Waals surface area contributed by atoms with E-state index >= 15 is 0 Å². The van der Waals surface area contributed by atoms with Gasteiger partial charge in [-0.15, -0.1) is 6.42 Å². The van der Waals surface area contributed by atoms with Gasteiger partial charge in [-0.2, -0.15) is 0 Å². The molecule has 8 nitrogen and oxygen atoms in total. The normalized spacial score (nSPS) is 12.1. The lowest BCUT2D eigenvalue weighted by atomic mass is 10.1. The summed E-state index contributed by atoms with van der Waals surface area (Å²) in [6, 6.07) is 13.3. The van der Waals surface area contributed by atoms with Crippen LogP contribution in [0.4, 0.5) is 5.69 Å². The van der Waals surface area contributed by atoms with Crippen LogP contribution in [0.2, 0.25) is 0 Å². The number of terminal acetylenes is 1. The Balaban J connectivity index is 1.59. The predicted molar refractivity (Wildman–Crippen MR) is 132 cm³/mol. The number of imidazole rings is 1. The molecule has 0 radical (unpaired) electrons. The molecular weight excluding hydrogens is 414 g/mol. The van der Waals surface area contributed by atoms with Crippen molar-refractivity contribution in [1.82, 2.24) is 19.9 Å². The third kappa shape index (κ3) is 4.63. The molecule has 0 atom stereocenters. The van der Waals surface area contributed by atoms with Gasteiger partial charge < -0.3 is 26.4 Å². The summed E-state index contributed by atoms with van der Waals surface area (Å²) in [6.45, 7) is 3.13. The molecule has 0 fully saturated rings. The van der Waals surface area contributed by atoms with E-state index in [4.69, 9.17) is 17.6 Å². The van der Waals surface area contributed by atoms with E-state index < -0.39 is 0 Å². The molecule has 2 aromatic heterocycles. The average molecular weight is 440 g/mol. The molecule has 33 heavy (non-hydrogen) atoms. The van der Waals surface area contributed by atoms with Crippen LogP contribution in [0.25, 0.3) is 21.9 Å². The average Bonchev–Trinajstić information content (AvgIpc) is 3.36. The Labute approximate surface area is 191 Å². The number of nitrogens with one attached hydrogen (secondary N) is 4. The minimum Gasteiger partial charge on any atom is -0.385 e. The van der Waals surface area contributed by atoms with Gasteiger partial charge in [0.2, 0.25) is 5.78 Å². The number of aromatic amines is 2. The summed E-state index contributed by atoms with van der Waals surface area (Å²) in [5, 5.41) is 11.7. The van der Waals surface area contributed by atoms with Crippen molar-refractivity contribution in [3.05, 3.63) is 70.9 Å². The van der Waals surface area contributed by atoms with E-state index in [1.807, 2.05) is 55.3 Å². The number of Topliss-reactive ketones (excluding diaryl/α,β-unsaturated/α-hetero) is 1. The summed E-state index contributed by atoms with van der Waals surface area (Å²) in [5.41, 5.74) is 10.9. The van der Waals surface area contributed by atoms with Crippen molar-refractivity contribution in [2.75, 3.05) is 18.9 Å². The molecule has 4 aromatic rings. The number of aryl methyl sites for hydroxylation is 1. The van der Waals surface area contributed by atoms with Gasteiger partial charge in [0.25, 0.3) is 0 Å². The van der Waals surface area contributed by atoms with E-state index in [1.54, 1.807) is 6.07 Å². The standard InChI is InChI=1S/C25H25N7O/c1-4-9-32(3)14-16-5-6-17-11-23(31-21(17)10-16)24(33)19(13-26)25(27)30-18-7-8-20-22(12-18)29-15(2)28-20/h1,5-8,10-13,26,30-31H,9,14,27H2,2-3H3,(H,28,29)/b25-19+,26-13?. The van der Waals surface area contributed by atoms with Crippen LogP contribution in [-0.2, 0) is 6.54 Å². The number of nitrogens with zero attached hydrogens (tertiary/aromatic N) is 2. The van der Waals surface area contributed by atoms with Crippen LogP contribution in [-0.4, -0.2) is 45.4 Å². The maximum atomic E-state index is 13.1. The molecule has 0 unspecified atom stereocenters. The molecule has 6 N–H and O–H groups in total. The number of hydrogen-bond donors (Lipinski definition) is 5. The molecule has 0 aliphatic carbocycles. The highest BCUT2D eigenvalue weighted by Gasteiger charge is 2.17. The molecule has 4 rings (SSSR count). The lowest BCUT2D eigenvalue weighted by molar-refractivity contribution is 0.103. The van der Waals surface area contributed by atoms with Gasteiger partial charge in [-0.05, 0) is 49.9 Å². The highest BCUT2D eigenvalue weighted by Crippen LogP contribution is 2.22. The van der Waals surface area contributed by atoms with E-state index in [9.17, 15) is 4.79 Å². The van der Waals surface area contributed by atoms with Gasteiger partial charge >= 0.3 is 0 Å². The first-order chi connectivity index (χ1) is 15.9. The monoisotopic (exact) mass is 439 g/mol. The number of aromatic nitrogens is 3. The first-order valence-corrected chi connectivity index (χ1v) is 10.4. The van der Waals surface area contributed by atoms with E-state index in [0.717, 1.165) is 39.5 Å². The smallest absolute Gasteiger partial charge is 0.214 e.